The van der Waals surface area contributed by atoms with Crippen LogP contribution < -0.4 is 5.19 Å². The SMILES string of the molecule is C[C@H]1C([C@@](O)(c2ccccc2)[Si](C)(C)c2ccccc2)[C@@H]1C. The molecule has 22 heavy (non-hydrogen) atoms. The lowest BCUT2D eigenvalue weighted by atomic mass is 10.0. The second-order valence-electron chi connectivity index (χ2n) is 7.37. The number of hydrogen-bond donors (Lipinski definition) is 1. The molecule has 3 atom stereocenters. The first kappa shape index (κ1) is 15.5. The van der Waals surface area contributed by atoms with Gasteiger partial charge in [0, 0.05) is 0 Å². The maximum absolute atomic E-state index is 12.0. The zero-order valence-corrected chi connectivity index (χ0v) is 15.0. The molecule has 0 spiro atoms. The Balaban J connectivity index is 2.15. The van der Waals surface area contributed by atoms with Crippen LogP contribution in [-0.2, 0) is 5.22 Å². The fourth-order valence-corrected chi connectivity index (χ4v) is 7.87. The maximum Gasteiger partial charge on any atom is 0.123 e. The molecule has 1 nitrogen and oxygen atoms in total. The molecule has 2 heteroatoms. The molecule has 1 aliphatic rings. The average Bonchev–Trinajstić information content (AvgIpc) is 3.15. The van der Waals surface area contributed by atoms with Crippen LogP contribution in [0.3, 0.4) is 0 Å². The Morgan fingerprint density at radius 2 is 1.27 bits per heavy atom. The van der Waals surface area contributed by atoms with Crippen molar-refractivity contribution in [1.29, 1.82) is 0 Å². The largest absolute Gasteiger partial charge is 0.388 e. The fraction of sp³-hybridized carbons (Fsp3) is 0.400. The van der Waals surface area contributed by atoms with E-state index in [1.165, 1.54) is 5.19 Å². The molecule has 0 radical (unpaired) electrons. The van der Waals surface area contributed by atoms with Gasteiger partial charge in [-0.05, 0) is 23.3 Å². The molecule has 116 valence electrons. The van der Waals surface area contributed by atoms with E-state index in [1.54, 1.807) is 0 Å². The highest BCUT2D eigenvalue weighted by Crippen LogP contribution is 2.58. The predicted octanol–water partition coefficient (Wildman–Crippen LogP) is 3.93. The van der Waals surface area contributed by atoms with Gasteiger partial charge in [-0.25, -0.2) is 0 Å². The Kier molecular flexibility index (Phi) is 3.78. The number of hydrogen-bond acceptors (Lipinski definition) is 1. The summed E-state index contributed by atoms with van der Waals surface area (Å²) in [7, 11) is -2.10. The predicted molar refractivity (Wildman–Crippen MR) is 95.7 cm³/mol. The van der Waals surface area contributed by atoms with Crippen molar-refractivity contribution in [3.63, 3.8) is 0 Å². The van der Waals surface area contributed by atoms with Crippen LogP contribution in [0, 0.1) is 17.8 Å². The van der Waals surface area contributed by atoms with E-state index in [1.807, 2.05) is 18.2 Å². The highest BCUT2D eigenvalue weighted by Gasteiger charge is 2.63. The van der Waals surface area contributed by atoms with E-state index in [4.69, 9.17) is 0 Å². The first-order valence-corrected chi connectivity index (χ1v) is 11.2. The molecule has 1 fully saturated rings. The van der Waals surface area contributed by atoms with E-state index in [9.17, 15) is 5.11 Å². The summed E-state index contributed by atoms with van der Waals surface area (Å²) in [5, 5.41) is 12.6. The summed E-state index contributed by atoms with van der Waals surface area (Å²) < 4.78 is 0. The molecule has 0 amide bonds. The summed E-state index contributed by atoms with van der Waals surface area (Å²) in [6, 6.07) is 21.0. The van der Waals surface area contributed by atoms with Crippen molar-refractivity contribution in [2.24, 2.45) is 17.8 Å². The minimum absolute atomic E-state index is 0.358. The summed E-state index contributed by atoms with van der Waals surface area (Å²) in [5.41, 5.74) is 1.09. The lowest BCUT2D eigenvalue weighted by Gasteiger charge is -2.43. The van der Waals surface area contributed by atoms with Crippen molar-refractivity contribution in [2.75, 3.05) is 0 Å². The smallest absolute Gasteiger partial charge is 0.123 e. The van der Waals surface area contributed by atoms with E-state index in [0.29, 0.717) is 17.8 Å². The van der Waals surface area contributed by atoms with E-state index in [0.717, 1.165) is 5.56 Å². The van der Waals surface area contributed by atoms with Gasteiger partial charge in [0.1, 0.15) is 8.07 Å². The van der Waals surface area contributed by atoms with Gasteiger partial charge in [-0.3, -0.25) is 0 Å². The van der Waals surface area contributed by atoms with Gasteiger partial charge in [0.2, 0.25) is 0 Å². The minimum atomic E-state index is -2.10. The first-order valence-electron chi connectivity index (χ1n) is 8.24. The lowest BCUT2D eigenvalue weighted by Crippen LogP contribution is -2.61. The Morgan fingerprint density at radius 1 is 0.818 bits per heavy atom. The van der Waals surface area contributed by atoms with Gasteiger partial charge in [0.25, 0.3) is 0 Å². The van der Waals surface area contributed by atoms with Gasteiger partial charge in [0.15, 0.2) is 0 Å². The van der Waals surface area contributed by atoms with Crippen molar-refractivity contribution >= 4 is 13.3 Å². The van der Waals surface area contributed by atoms with Crippen molar-refractivity contribution in [2.45, 2.75) is 32.2 Å². The average molecular weight is 311 g/mol. The van der Waals surface area contributed by atoms with E-state index < -0.39 is 13.3 Å². The Morgan fingerprint density at radius 3 is 1.73 bits per heavy atom. The quantitative estimate of drug-likeness (QED) is 0.848. The molecule has 2 aromatic rings. The standard InChI is InChI=1S/C20H26OSi/c1-15-16(2)19(15)20(21,17-11-7-5-8-12-17)22(3,4)18-13-9-6-10-14-18/h5-16,19,21H,1-4H3/t15-,16-,20-/m1/s1. The van der Waals surface area contributed by atoms with Crippen molar-refractivity contribution in [3.8, 4) is 0 Å². The summed E-state index contributed by atoms with van der Waals surface area (Å²) >= 11 is 0. The normalized spacial score (nSPS) is 27.2. The molecule has 1 N–H and O–H groups in total. The van der Waals surface area contributed by atoms with Crippen LogP contribution in [0.1, 0.15) is 19.4 Å². The monoisotopic (exact) mass is 310 g/mol. The van der Waals surface area contributed by atoms with Crippen LogP contribution in [0.15, 0.2) is 60.7 Å². The zero-order valence-electron chi connectivity index (χ0n) is 14.0. The van der Waals surface area contributed by atoms with Gasteiger partial charge in [-0.1, -0.05) is 92.8 Å². The van der Waals surface area contributed by atoms with Gasteiger partial charge in [-0.15, -0.1) is 0 Å². The van der Waals surface area contributed by atoms with E-state index in [2.05, 4.69) is 69.4 Å². The van der Waals surface area contributed by atoms with Crippen LogP contribution in [-0.4, -0.2) is 13.2 Å². The Hall–Kier alpha value is -1.38. The van der Waals surface area contributed by atoms with Crippen LogP contribution in [0.5, 0.6) is 0 Å². The number of benzene rings is 2. The zero-order chi connectivity index (χ0) is 16.0. The summed E-state index contributed by atoms with van der Waals surface area (Å²) in [4.78, 5) is 0. The molecule has 0 aliphatic heterocycles. The third-order valence-electron chi connectivity index (χ3n) is 5.97. The molecule has 0 saturated heterocycles. The topological polar surface area (TPSA) is 20.2 Å². The van der Waals surface area contributed by atoms with E-state index >= 15 is 0 Å². The number of rotatable bonds is 4. The third kappa shape index (κ3) is 2.17. The highest BCUT2D eigenvalue weighted by atomic mass is 28.3. The second-order valence-corrected chi connectivity index (χ2v) is 12.0. The number of aliphatic hydroxyl groups is 1. The van der Waals surface area contributed by atoms with E-state index in [-0.39, 0.29) is 0 Å². The molecule has 0 heterocycles. The molecule has 1 aliphatic carbocycles. The maximum atomic E-state index is 12.0. The van der Waals surface area contributed by atoms with Crippen LogP contribution in [0.4, 0.5) is 0 Å². The molecule has 0 bridgehead atoms. The summed E-state index contributed by atoms with van der Waals surface area (Å²) in [6.45, 7) is 9.18. The highest BCUT2D eigenvalue weighted by molar-refractivity contribution is 6.91. The van der Waals surface area contributed by atoms with Crippen LogP contribution in [0.2, 0.25) is 13.1 Å². The molecular formula is C20H26OSi. The molecule has 3 rings (SSSR count). The molecular weight excluding hydrogens is 284 g/mol. The summed E-state index contributed by atoms with van der Waals surface area (Å²) in [6.07, 6.45) is 0. The van der Waals surface area contributed by atoms with Crippen LogP contribution in [0.25, 0.3) is 0 Å². The van der Waals surface area contributed by atoms with Gasteiger partial charge < -0.3 is 5.11 Å². The fourth-order valence-electron chi connectivity index (χ4n) is 4.16. The minimum Gasteiger partial charge on any atom is -0.388 e. The van der Waals surface area contributed by atoms with Crippen molar-refractivity contribution < 1.29 is 5.11 Å². The third-order valence-corrected chi connectivity index (χ3v) is 10.3. The lowest BCUT2D eigenvalue weighted by molar-refractivity contribution is 0.0818. The molecule has 0 unspecified atom stereocenters. The van der Waals surface area contributed by atoms with Crippen molar-refractivity contribution in [3.05, 3.63) is 66.2 Å². The summed E-state index contributed by atoms with van der Waals surface area (Å²) in [5.74, 6) is 1.53. The van der Waals surface area contributed by atoms with Gasteiger partial charge in [0.05, 0.1) is 5.22 Å². The second kappa shape index (κ2) is 5.36. The first-order chi connectivity index (χ1) is 10.4. The molecule has 0 aromatic heterocycles. The van der Waals surface area contributed by atoms with Gasteiger partial charge in [-0.2, -0.15) is 0 Å². The molecule has 2 aromatic carbocycles. The Bertz CT molecular complexity index is 629. The van der Waals surface area contributed by atoms with Crippen LogP contribution >= 0.6 is 0 Å². The van der Waals surface area contributed by atoms with Crippen molar-refractivity contribution in [1.82, 2.24) is 0 Å². The molecule has 1 saturated carbocycles. The van der Waals surface area contributed by atoms with Gasteiger partial charge >= 0.3 is 0 Å². The Labute approximate surface area is 135 Å².